The van der Waals surface area contributed by atoms with Crippen LogP contribution in [0, 0.1) is 0 Å². The van der Waals surface area contributed by atoms with Gasteiger partial charge in [0.1, 0.15) is 0 Å². The number of anilines is 1. The monoisotopic (exact) mass is 403 g/mol. The molecule has 2 rings (SSSR count). The molecular formula is C19H22BrN3O2. The van der Waals surface area contributed by atoms with Gasteiger partial charge in [-0.1, -0.05) is 34.1 Å². The van der Waals surface area contributed by atoms with Crippen LogP contribution in [0.2, 0.25) is 0 Å². The Morgan fingerprint density at radius 1 is 1.04 bits per heavy atom. The number of amides is 2. The molecule has 0 unspecified atom stereocenters. The Kier molecular flexibility index (Phi) is 7.16. The maximum atomic E-state index is 12.1. The summed E-state index contributed by atoms with van der Waals surface area (Å²) in [5.74, 6) is -0.310. The number of hydrogen-bond donors (Lipinski definition) is 2. The lowest BCUT2D eigenvalue weighted by Gasteiger charge is -2.15. The molecule has 0 atom stereocenters. The van der Waals surface area contributed by atoms with Crippen molar-refractivity contribution in [2.75, 3.05) is 26.0 Å². The largest absolute Gasteiger partial charge is 0.352 e. The van der Waals surface area contributed by atoms with Crippen molar-refractivity contribution < 1.29 is 9.59 Å². The van der Waals surface area contributed by atoms with E-state index in [-0.39, 0.29) is 24.8 Å². The first-order chi connectivity index (χ1) is 12.0. The fourth-order valence-electron chi connectivity index (χ4n) is 2.33. The topological polar surface area (TPSA) is 61.4 Å². The molecule has 0 aliphatic heterocycles. The lowest BCUT2D eigenvalue weighted by Crippen LogP contribution is -2.27. The molecule has 0 saturated heterocycles. The quantitative estimate of drug-likeness (QED) is 0.745. The third kappa shape index (κ3) is 6.32. The molecule has 0 spiro atoms. The number of rotatable bonds is 7. The number of carbonyl (C=O) groups excluding carboxylic acids is 2. The highest BCUT2D eigenvalue weighted by atomic mass is 79.9. The van der Waals surface area contributed by atoms with Gasteiger partial charge in [-0.25, -0.2) is 0 Å². The van der Waals surface area contributed by atoms with Crippen LogP contribution in [0.5, 0.6) is 0 Å². The van der Waals surface area contributed by atoms with Gasteiger partial charge in [0.05, 0.1) is 0 Å². The van der Waals surface area contributed by atoms with Crippen LogP contribution in [0.15, 0.2) is 53.0 Å². The van der Waals surface area contributed by atoms with Crippen LogP contribution < -0.4 is 10.6 Å². The van der Waals surface area contributed by atoms with E-state index in [2.05, 4.69) is 26.6 Å². The molecular weight excluding hydrogens is 382 g/mol. The Balaban J connectivity index is 1.83. The minimum absolute atomic E-state index is 0.123. The van der Waals surface area contributed by atoms with Gasteiger partial charge in [-0.05, 0) is 50.0 Å². The van der Waals surface area contributed by atoms with Gasteiger partial charge in [0.2, 0.25) is 5.91 Å². The Bertz CT molecular complexity index is 730. The van der Waals surface area contributed by atoms with Crippen molar-refractivity contribution >= 4 is 33.4 Å². The number of halogens is 1. The summed E-state index contributed by atoms with van der Waals surface area (Å²) < 4.78 is 0.916. The van der Waals surface area contributed by atoms with Crippen molar-refractivity contribution in [3.05, 3.63) is 64.1 Å². The molecule has 0 aromatic heterocycles. The van der Waals surface area contributed by atoms with Gasteiger partial charge < -0.3 is 15.5 Å². The molecule has 0 fully saturated rings. The standard InChI is InChI=1S/C19H22BrN3O2/c1-23(2)13-15-5-3-4-6-17(15)22-18(24)11-12-21-19(25)14-7-9-16(20)10-8-14/h3-10H,11-13H2,1-2H3,(H,21,25)(H,22,24). The molecule has 25 heavy (non-hydrogen) atoms. The molecule has 0 aliphatic rings. The van der Waals surface area contributed by atoms with E-state index in [0.717, 1.165) is 22.3 Å². The van der Waals surface area contributed by atoms with E-state index in [9.17, 15) is 9.59 Å². The number of carbonyl (C=O) groups is 2. The van der Waals surface area contributed by atoms with Crippen LogP contribution in [0.1, 0.15) is 22.3 Å². The van der Waals surface area contributed by atoms with E-state index in [1.165, 1.54) is 0 Å². The average Bonchev–Trinajstić information content (AvgIpc) is 2.56. The zero-order valence-electron chi connectivity index (χ0n) is 14.4. The van der Waals surface area contributed by atoms with Gasteiger partial charge in [0.25, 0.3) is 5.91 Å². The Morgan fingerprint density at radius 3 is 2.40 bits per heavy atom. The summed E-state index contributed by atoms with van der Waals surface area (Å²) in [5, 5.41) is 5.67. The van der Waals surface area contributed by atoms with E-state index >= 15 is 0 Å². The lowest BCUT2D eigenvalue weighted by molar-refractivity contribution is -0.116. The van der Waals surface area contributed by atoms with E-state index in [1.807, 2.05) is 55.4 Å². The second kappa shape index (κ2) is 9.34. The van der Waals surface area contributed by atoms with Crippen LogP contribution in [0.4, 0.5) is 5.69 Å². The van der Waals surface area contributed by atoms with Crippen LogP contribution in [0.25, 0.3) is 0 Å². The van der Waals surface area contributed by atoms with Gasteiger partial charge in [-0.15, -0.1) is 0 Å². The first kappa shape index (κ1) is 19.1. The fourth-order valence-corrected chi connectivity index (χ4v) is 2.59. The van der Waals surface area contributed by atoms with Crippen molar-refractivity contribution in [1.29, 1.82) is 0 Å². The zero-order valence-corrected chi connectivity index (χ0v) is 16.0. The zero-order chi connectivity index (χ0) is 18.2. The smallest absolute Gasteiger partial charge is 0.251 e. The molecule has 132 valence electrons. The van der Waals surface area contributed by atoms with Crippen LogP contribution in [-0.2, 0) is 11.3 Å². The molecule has 0 saturated carbocycles. The van der Waals surface area contributed by atoms with Crippen molar-refractivity contribution in [1.82, 2.24) is 10.2 Å². The summed E-state index contributed by atoms with van der Waals surface area (Å²) in [6.45, 7) is 1.04. The van der Waals surface area contributed by atoms with Gasteiger partial charge in [0, 0.05) is 35.2 Å². The van der Waals surface area contributed by atoms with Gasteiger partial charge in [-0.2, -0.15) is 0 Å². The van der Waals surface area contributed by atoms with E-state index in [0.29, 0.717) is 5.56 Å². The van der Waals surface area contributed by atoms with Crippen LogP contribution in [0.3, 0.4) is 0 Å². The maximum Gasteiger partial charge on any atom is 0.251 e. The number of hydrogen-bond acceptors (Lipinski definition) is 3. The van der Waals surface area contributed by atoms with Crippen molar-refractivity contribution in [2.45, 2.75) is 13.0 Å². The molecule has 0 heterocycles. The van der Waals surface area contributed by atoms with Crippen LogP contribution in [-0.4, -0.2) is 37.4 Å². The normalized spacial score (nSPS) is 10.6. The molecule has 0 bridgehead atoms. The predicted molar refractivity (Wildman–Crippen MR) is 104 cm³/mol. The first-order valence-corrected chi connectivity index (χ1v) is 8.81. The van der Waals surface area contributed by atoms with Crippen LogP contribution >= 0.6 is 15.9 Å². The second-order valence-electron chi connectivity index (χ2n) is 5.96. The number of nitrogens with one attached hydrogen (secondary N) is 2. The number of para-hydroxylation sites is 1. The average molecular weight is 404 g/mol. The molecule has 2 aromatic carbocycles. The third-order valence-electron chi connectivity index (χ3n) is 3.52. The molecule has 2 N–H and O–H groups in total. The summed E-state index contributed by atoms with van der Waals surface area (Å²) in [5.41, 5.74) is 2.43. The highest BCUT2D eigenvalue weighted by Gasteiger charge is 2.09. The van der Waals surface area contributed by atoms with Crippen molar-refractivity contribution in [3.8, 4) is 0 Å². The molecule has 5 nitrogen and oxygen atoms in total. The molecule has 0 radical (unpaired) electrons. The minimum atomic E-state index is -0.187. The lowest BCUT2D eigenvalue weighted by atomic mass is 10.1. The fraction of sp³-hybridized carbons (Fsp3) is 0.263. The summed E-state index contributed by atoms with van der Waals surface area (Å²) in [6.07, 6.45) is 0.221. The highest BCUT2D eigenvalue weighted by molar-refractivity contribution is 9.10. The third-order valence-corrected chi connectivity index (χ3v) is 4.05. The summed E-state index contributed by atoms with van der Waals surface area (Å²) in [6, 6.07) is 14.8. The maximum absolute atomic E-state index is 12.1. The molecule has 6 heteroatoms. The van der Waals surface area contributed by atoms with Gasteiger partial charge >= 0.3 is 0 Å². The van der Waals surface area contributed by atoms with Crippen molar-refractivity contribution in [3.63, 3.8) is 0 Å². The van der Waals surface area contributed by atoms with Gasteiger partial charge in [-0.3, -0.25) is 9.59 Å². The molecule has 2 aromatic rings. The van der Waals surface area contributed by atoms with Crippen molar-refractivity contribution in [2.24, 2.45) is 0 Å². The Labute approximate surface area is 156 Å². The Hall–Kier alpha value is -2.18. The highest BCUT2D eigenvalue weighted by Crippen LogP contribution is 2.16. The summed E-state index contributed by atoms with van der Waals surface area (Å²) in [4.78, 5) is 26.2. The van der Waals surface area contributed by atoms with E-state index < -0.39 is 0 Å². The first-order valence-electron chi connectivity index (χ1n) is 8.02. The van der Waals surface area contributed by atoms with E-state index in [1.54, 1.807) is 12.1 Å². The van der Waals surface area contributed by atoms with E-state index in [4.69, 9.17) is 0 Å². The molecule has 0 aliphatic carbocycles. The Morgan fingerprint density at radius 2 is 1.72 bits per heavy atom. The summed E-state index contributed by atoms with van der Waals surface area (Å²) in [7, 11) is 3.96. The SMILES string of the molecule is CN(C)Cc1ccccc1NC(=O)CCNC(=O)c1ccc(Br)cc1. The number of nitrogens with zero attached hydrogens (tertiary/aromatic N) is 1. The number of benzene rings is 2. The molecule has 2 amide bonds. The van der Waals surface area contributed by atoms with Gasteiger partial charge in [0.15, 0.2) is 0 Å². The minimum Gasteiger partial charge on any atom is -0.352 e. The predicted octanol–water partition coefficient (Wildman–Crippen LogP) is 3.27. The second-order valence-corrected chi connectivity index (χ2v) is 6.87. The summed E-state index contributed by atoms with van der Waals surface area (Å²) >= 11 is 3.33.